The third-order valence-corrected chi connectivity index (χ3v) is 7.68. The molecular formula is C21H28N6OS. The fourth-order valence-corrected chi connectivity index (χ4v) is 5.80. The van der Waals surface area contributed by atoms with Crippen LogP contribution in [0.4, 0.5) is 0 Å². The number of rotatable bonds is 2. The second-order valence-electron chi connectivity index (χ2n) is 8.42. The topological polar surface area (TPSA) is 82.8 Å². The maximum Gasteiger partial charge on any atom is 0.201 e. The SMILES string of the molecule is C[C@@H]1OCC2(CCN(C3=NC=C(Sc4ccnc5[nH]ccc45)CN3C)CC2)[C@@H]1N. The van der Waals surface area contributed by atoms with Gasteiger partial charge in [0.05, 0.1) is 19.3 Å². The standard InChI is InChI=1S/C21H28N6OS/c1-14-18(22)21(13-28-14)5-9-27(10-6-21)20-25-11-15(12-26(20)2)29-17-4-8-24-19-16(17)3-7-23-19/h3-4,7-8,11,14,18H,5-6,9-10,12-13,22H2,1-2H3,(H,23,24)/t14-,18+/m0/s1. The van der Waals surface area contributed by atoms with Crippen LogP contribution in [-0.2, 0) is 4.74 Å². The number of piperidine rings is 1. The number of nitrogens with zero attached hydrogens (tertiary/aromatic N) is 4. The molecule has 0 aromatic carbocycles. The number of hydrogen-bond acceptors (Lipinski definition) is 7. The van der Waals surface area contributed by atoms with Crippen molar-refractivity contribution in [1.29, 1.82) is 0 Å². The molecule has 29 heavy (non-hydrogen) atoms. The lowest BCUT2D eigenvalue weighted by Crippen LogP contribution is -2.54. The molecule has 154 valence electrons. The monoisotopic (exact) mass is 412 g/mol. The summed E-state index contributed by atoms with van der Waals surface area (Å²) >= 11 is 1.77. The number of likely N-dealkylation sites (tertiary alicyclic amines) is 1. The smallest absolute Gasteiger partial charge is 0.201 e. The molecule has 7 nitrogen and oxygen atoms in total. The first-order valence-corrected chi connectivity index (χ1v) is 11.1. The summed E-state index contributed by atoms with van der Waals surface area (Å²) in [7, 11) is 2.13. The van der Waals surface area contributed by atoms with Crippen molar-refractivity contribution >= 4 is 28.8 Å². The number of pyridine rings is 1. The summed E-state index contributed by atoms with van der Waals surface area (Å²) in [6, 6.07) is 4.29. The molecule has 0 amide bonds. The summed E-state index contributed by atoms with van der Waals surface area (Å²) in [6.07, 6.45) is 8.11. The maximum absolute atomic E-state index is 6.46. The number of ether oxygens (including phenoxy) is 1. The lowest BCUT2D eigenvalue weighted by Gasteiger charge is -2.44. The van der Waals surface area contributed by atoms with Gasteiger partial charge in [-0.3, -0.25) is 0 Å². The zero-order valence-corrected chi connectivity index (χ0v) is 17.8. The predicted octanol–water partition coefficient (Wildman–Crippen LogP) is 2.63. The van der Waals surface area contributed by atoms with Gasteiger partial charge in [0, 0.05) is 65.4 Å². The van der Waals surface area contributed by atoms with Crippen molar-refractivity contribution in [2.45, 2.75) is 36.8 Å². The third kappa shape index (κ3) is 3.33. The fraction of sp³-hybridized carbons (Fsp3) is 0.524. The van der Waals surface area contributed by atoms with Crippen LogP contribution < -0.4 is 5.73 Å². The number of aromatic amines is 1. The summed E-state index contributed by atoms with van der Waals surface area (Å²) in [5.41, 5.74) is 7.53. The average molecular weight is 413 g/mol. The maximum atomic E-state index is 6.46. The Morgan fingerprint density at radius 1 is 1.31 bits per heavy atom. The van der Waals surface area contributed by atoms with E-state index >= 15 is 0 Å². The molecule has 0 unspecified atom stereocenters. The molecule has 0 saturated carbocycles. The number of nitrogens with one attached hydrogen (secondary N) is 1. The Labute approximate surface area is 175 Å². The highest BCUT2D eigenvalue weighted by Crippen LogP contribution is 2.41. The third-order valence-electron chi connectivity index (χ3n) is 6.61. The van der Waals surface area contributed by atoms with Crippen LogP contribution in [0.5, 0.6) is 0 Å². The Morgan fingerprint density at radius 2 is 2.14 bits per heavy atom. The van der Waals surface area contributed by atoms with E-state index in [2.05, 4.69) is 45.9 Å². The largest absolute Gasteiger partial charge is 0.376 e. The van der Waals surface area contributed by atoms with E-state index in [-0.39, 0.29) is 17.6 Å². The lowest BCUT2D eigenvalue weighted by atomic mass is 9.73. The first kappa shape index (κ1) is 19.0. The van der Waals surface area contributed by atoms with Crippen molar-refractivity contribution in [3.63, 3.8) is 0 Å². The van der Waals surface area contributed by atoms with E-state index in [1.807, 2.05) is 18.6 Å². The number of guanidine groups is 1. The quantitative estimate of drug-likeness (QED) is 0.789. The summed E-state index contributed by atoms with van der Waals surface area (Å²) in [6.45, 7) is 5.72. The number of likely N-dealkylation sites (N-methyl/N-ethyl adjacent to an activating group) is 1. The molecule has 0 bridgehead atoms. The van der Waals surface area contributed by atoms with Gasteiger partial charge in [-0.2, -0.15) is 0 Å². The van der Waals surface area contributed by atoms with Crippen LogP contribution >= 0.6 is 11.8 Å². The van der Waals surface area contributed by atoms with Crippen LogP contribution in [0.15, 0.2) is 45.5 Å². The Morgan fingerprint density at radius 3 is 2.86 bits per heavy atom. The van der Waals surface area contributed by atoms with Crippen molar-refractivity contribution in [3.05, 3.63) is 35.6 Å². The van der Waals surface area contributed by atoms with Gasteiger partial charge in [0.25, 0.3) is 0 Å². The first-order chi connectivity index (χ1) is 14.1. The molecule has 2 atom stereocenters. The van der Waals surface area contributed by atoms with Gasteiger partial charge >= 0.3 is 0 Å². The molecule has 8 heteroatoms. The van der Waals surface area contributed by atoms with Crippen LogP contribution in [0.3, 0.4) is 0 Å². The molecule has 0 radical (unpaired) electrons. The van der Waals surface area contributed by atoms with Crippen molar-refractivity contribution in [1.82, 2.24) is 19.8 Å². The van der Waals surface area contributed by atoms with Gasteiger partial charge in [0.1, 0.15) is 5.65 Å². The number of aromatic nitrogens is 2. The van der Waals surface area contributed by atoms with Gasteiger partial charge in [0.15, 0.2) is 0 Å². The van der Waals surface area contributed by atoms with Crippen molar-refractivity contribution < 1.29 is 4.74 Å². The molecule has 2 saturated heterocycles. The Kier molecular flexibility index (Phi) is 4.80. The molecule has 3 N–H and O–H groups in total. The van der Waals surface area contributed by atoms with Crippen molar-refractivity contribution in [2.75, 3.05) is 33.3 Å². The minimum Gasteiger partial charge on any atom is -0.376 e. The van der Waals surface area contributed by atoms with Gasteiger partial charge in [-0.25, -0.2) is 9.98 Å². The zero-order chi connectivity index (χ0) is 20.0. The van der Waals surface area contributed by atoms with Crippen LogP contribution in [-0.4, -0.2) is 71.2 Å². The van der Waals surface area contributed by atoms with Crippen molar-refractivity contribution in [3.8, 4) is 0 Å². The normalized spacial score (nSPS) is 26.9. The summed E-state index contributed by atoms with van der Waals surface area (Å²) in [5.74, 6) is 1.06. The number of aliphatic imine (C=N–C) groups is 1. The van der Waals surface area contributed by atoms with E-state index < -0.39 is 0 Å². The number of thioether (sulfide) groups is 1. The summed E-state index contributed by atoms with van der Waals surface area (Å²) in [5, 5.41) is 1.15. The molecule has 3 aliphatic heterocycles. The van der Waals surface area contributed by atoms with E-state index in [1.54, 1.807) is 11.8 Å². The molecule has 3 aliphatic rings. The molecule has 2 aromatic heterocycles. The second kappa shape index (κ2) is 7.34. The number of nitrogens with two attached hydrogens (primary N) is 1. The van der Waals surface area contributed by atoms with E-state index in [4.69, 9.17) is 15.5 Å². The highest BCUT2D eigenvalue weighted by Gasteiger charge is 2.48. The van der Waals surface area contributed by atoms with E-state index in [1.165, 1.54) is 9.80 Å². The number of H-pyrrole nitrogens is 1. The van der Waals surface area contributed by atoms with Crippen molar-refractivity contribution in [2.24, 2.45) is 16.1 Å². The molecular weight excluding hydrogens is 384 g/mol. The Hall–Kier alpha value is -2.03. The summed E-state index contributed by atoms with van der Waals surface area (Å²) < 4.78 is 5.85. The van der Waals surface area contributed by atoms with E-state index in [0.29, 0.717) is 0 Å². The van der Waals surface area contributed by atoms with Crippen LogP contribution in [0, 0.1) is 5.41 Å². The molecule has 2 fully saturated rings. The highest BCUT2D eigenvalue weighted by atomic mass is 32.2. The highest BCUT2D eigenvalue weighted by molar-refractivity contribution is 8.03. The van der Waals surface area contributed by atoms with Crippen LogP contribution in [0.1, 0.15) is 19.8 Å². The number of fused-ring (bicyclic) bond motifs is 1. The predicted molar refractivity (Wildman–Crippen MR) is 117 cm³/mol. The summed E-state index contributed by atoms with van der Waals surface area (Å²) in [4.78, 5) is 19.5. The van der Waals surface area contributed by atoms with Gasteiger partial charge in [-0.15, -0.1) is 0 Å². The Bertz CT molecular complexity index is 961. The molecule has 0 aliphatic carbocycles. The van der Waals surface area contributed by atoms with Crippen LogP contribution in [0.2, 0.25) is 0 Å². The van der Waals surface area contributed by atoms with Gasteiger partial charge in [-0.05, 0) is 31.9 Å². The number of hydrogen-bond donors (Lipinski definition) is 2. The zero-order valence-electron chi connectivity index (χ0n) is 17.0. The molecule has 1 spiro atoms. The second-order valence-corrected chi connectivity index (χ2v) is 9.59. The van der Waals surface area contributed by atoms with E-state index in [9.17, 15) is 0 Å². The fourth-order valence-electron chi connectivity index (χ4n) is 4.75. The van der Waals surface area contributed by atoms with E-state index in [0.717, 1.165) is 56.1 Å². The molecule has 5 heterocycles. The Balaban J connectivity index is 1.28. The molecule has 2 aromatic rings. The van der Waals surface area contributed by atoms with Gasteiger partial charge < -0.3 is 25.3 Å². The lowest BCUT2D eigenvalue weighted by molar-refractivity contribution is 0.0818. The first-order valence-electron chi connectivity index (χ1n) is 10.3. The molecule has 5 rings (SSSR count). The van der Waals surface area contributed by atoms with Crippen LogP contribution in [0.25, 0.3) is 11.0 Å². The minimum atomic E-state index is 0.143. The van der Waals surface area contributed by atoms with Gasteiger partial charge in [-0.1, -0.05) is 11.8 Å². The minimum absolute atomic E-state index is 0.143. The van der Waals surface area contributed by atoms with Gasteiger partial charge in [0.2, 0.25) is 5.96 Å². The average Bonchev–Trinajstić information content (AvgIpc) is 3.31.